The fourth-order valence-corrected chi connectivity index (χ4v) is 4.38. The molecule has 2 aromatic carbocycles. The van der Waals surface area contributed by atoms with Crippen LogP contribution in [0.4, 0.5) is 0 Å². The topological polar surface area (TPSA) is 83.3 Å². The molecule has 1 heterocycles. The summed E-state index contributed by atoms with van der Waals surface area (Å²) >= 11 is 0. The summed E-state index contributed by atoms with van der Waals surface area (Å²) in [5, 5.41) is 13.5. The van der Waals surface area contributed by atoms with Crippen molar-refractivity contribution in [3.63, 3.8) is 0 Å². The monoisotopic (exact) mass is 478 g/mol. The molecule has 7 nitrogen and oxygen atoms in total. The Morgan fingerprint density at radius 2 is 1.83 bits per heavy atom. The molecule has 0 aliphatic carbocycles. The summed E-state index contributed by atoms with van der Waals surface area (Å²) in [6.07, 6.45) is 2.37. The lowest BCUT2D eigenvalue weighted by atomic mass is 9.95. The molecule has 1 saturated heterocycles. The number of nitrogens with zero attached hydrogens (tertiary/aromatic N) is 1. The van der Waals surface area contributed by atoms with Gasteiger partial charge in [-0.15, -0.1) is 0 Å². The van der Waals surface area contributed by atoms with E-state index in [-0.39, 0.29) is 5.57 Å². The average Bonchev–Trinajstić information content (AvgIpc) is 3.14. The van der Waals surface area contributed by atoms with Crippen LogP contribution in [-0.2, 0) is 9.59 Å². The zero-order valence-corrected chi connectivity index (χ0v) is 20.7. The van der Waals surface area contributed by atoms with Gasteiger partial charge in [0.2, 0.25) is 5.78 Å². The minimum atomic E-state index is -0.774. The average molecular weight is 479 g/mol. The molecule has 1 aliphatic rings. The van der Waals surface area contributed by atoms with E-state index in [1.165, 1.54) is 9.80 Å². The molecule has 1 unspecified atom stereocenters. The number of likely N-dealkylation sites (tertiary alicyclic amines) is 1. The van der Waals surface area contributed by atoms with E-state index in [9.17, 15) is 14.7 Å². The highest BCUT2D eigenvalue weighted by Gasteiger charge is 2.44. The summed E-state index contributed by atoms with van der Waals surface area (Å²) < 4.78 is 10.9. The van der Waals surface area contributed by atoms with Crippen molar-refractivity contribution in [2.45, 2.75) is 26.3 Å². The Balaban J connectivity index is 2.04. The number of quaternary nitrogens is 1. The van der Waals surface area contributed by atoms with Crippen molar-refractivity contribution in [1.82, 2.24) is 4.90 Å². The van der Waals surface area contributed by atoms with Gasteiger partial charge in [-0.3, -0.25) is 9.59 Å². The van der Waals surface area contributed by atoms with Gasteiger partial charge in [-0.25, -0.2) is 0 Å². The molecule has 0 saturated carbocycles. The third kappa shape index (κ3) is 5.92. The van der Waals surface area contributed by atoms with Crippen molar-refractivity contribution >= 4 is 17.4 Å². The van der Waals surface area contributed by atoms with Gasteiger partial charge in [0, 0.05) is 18.5 Å². The first-order chi connectivity index (χ1) is 16.9. The zero-order valence-electron chi connectivity index (χ0n) is 20.7. The van der Waals surface area contributed by atoms with E-state index in [1.807, 2.05) is 6.07 Å². The van der Waals surface area contributed by atoms with Gasteiger partial charge in [0.25, 0.3) is 5.91 Å². The smallest absolute Gasteiger partial charge is 0.295 e. The molecule has 3 rings (SSSR count). The van der Waals surface area contributed by atoms with Crippen LogP contribution < -0.4 is 19.5 Å². The van der Waals surface area contributed by atoms with E-state index < -0.39 is 23.5 Å². The van der Waals surface area contributed by atoms with Crippen LogP contribution in [0.3, 0.4) is 0 Å². The number of hydrogen-bond acceptors (Lipinski definition) is 5. The Labute approximate surface area is 207 Å². The third-order valence-electron chi connectivity index (χ3n) is 6.35. The second-order valence-electron chi connectivity index (χ2n) is 8.43. The van der Waals surface area contributed by atoms with Crippen LogP contribution in [0.25, 0.3) is 5.76 Å². The quantitative estimate of drug-likeness (QED) is 0.218. The van der Waals surface area contributed by atoms with Gasteiger partial charge in [-0.05, 0) is 49.2 Å². The summed E-state index contributed by atoms with van der Waals surface area (Å²) in [5.41, 5.74) is 0.967. The van der Waals surface area contributed by atoms with Crippen LogP contribution in [0.5, 0.6) is 11.5 Å². The van der Waals surface area contributed by atoms with Crippen LogP contribution in [-0.4, -0.2) is 56.5 Å². The van der Waals surface area contributed by atoms with E-state index in [0.29, 0.717) is 35.8 Å². The Morgan fingerprint density at radius 1 is 1.11 bits per heavy atom. The molecule has 186 valence electrons. The largest absolute Gasteiger partial charge is 0.872 e. The molecule has 0 radical (unpaired) electrons. The van der Waals surface area contributed by atoms with Crippen LogP contribution in [0.1, 0.15) is 37.4 Å². The predicted octanol–water partition coefficient (Wildman–Crippen LogP) is 1.80. The van der Waals surface area contributed by atoms with Crippen molar-refractivity contribution in [3.05, 3.63) is 77.9 Å². The van der Waals surface area contributed by atoms with Gasteiger partial charge >= 0.3 is 0 Å². The summed E-state index contributed by atoms with van der Waals surface area (Å²) in [4.78, 5) is 29.3. The van der Waals surface area contributed by atoms with Gasteiger partial charge in [0.15, 0.2) is 0 Å². The first-order valence-corrected chi connectivity index (χ1v) is 12.0. The zero-order chi connectivity index (χ0) is 25.4. The van der Waals surface area contributed by atoms with Crippen LogP contribution >= 0.6 is 0 Å². The Bertz CT molecular complexity index is 1070. The highest BCUT2D eigenvalue weighted by Crippen LogP contribution is 2.39. The molecule has 1 fully saturated rings. The van der Waals surface area contributed by atoms with Gasteiger partial charge in [0.1, 0.15) is 18.1 Å². The molecule has 35 heavy (non-hydrogen) atoms. The van der Waals surface area contributed by atoms with Crippen molar-refractivity contribution in [2.75, 3.05) is 39.9 Å². The number of carbonyl (C=O) groups is 2. The maximum atomic E-state index is 13.5. The van der Waals surface area contributed by atoms with Crippen LogP contribution in [0.15, 0.2) is 66.8 Å². The first kappa shape index (κ1) is 26.0. The van der Waals surface area contributed by atoms with E-state index in [2.05, 4.69) is 20.4 Å². The van der Waals surface area contributed by atoms with Gasteiger partial charge in [-0.1, -0.05) is 42.7 Å². The third-order valence-corrected chi connectivity index (χ3v) is 6.35. The lowest BCUT2D eigenvalue weighted by Gasteiger charge is -2.28. The molecule has 2 aromatic rings. The normalized spacial score (nSPS) is 17.1. The molecule has 0 bridgehead atoms. The number of benzene rings is 2. The fourth-order valence-electron chi connectivity index (χ4n) is 4.38. The Hall–Kier alpha value is -3.58. The minimum Gasteiger partial charge on any atom is -0.872 e. The van der Waals surface area contributed by atoms with Crippen molar-refractivity contribution in [2.24, 2.45) is 0 Å². The van der Waals surface area contributed by atoms with Crippen molar-refractivity contribution in [3.8, 4) is 11.5 Å². The summed E-state index contributed by atoms with van der Waals surface area (Å²) in [6, 6.07) is 13.0. The first-order valence-electron chi connectivity index (χ1n) is 12.0. The number of ether oxygens (including phenoxy) is 2. The maximum Gasteiger partial charge on any atom is 0.295 e. The highest BCUT2D eigenvalue weighted by molar-refractivity contribution is 6.46. The SMILES string of the molecule is C=CCOc1cccc(C2C(=C([O-])c3ccc(OC)cc3)C(=O)C(=O)N2CCC[NH+](CC)CC)c1. The molecular weight excluding hydrogens is 444 g/mol. The van der Waals surface area contributed by atoms with Gasteiger partial charge in [0.05, 0.1) is 32.8 Å². The Kier molecular flexibility index (Phi) is 9.09. The summed E-state index contributed by atoms with van der Waals surface area (Å²) in [5.74, 6) is -0.657. The molecule has 0 aromatic heterocycles. The molecule has 1 amide bonds. The lowest BCUT2D eigenvalue weighted by Crippen LogP contribution is -3.11. The van der Waals surface area contributed by atoms with Gasteiger partial charge < -0.3 is 24.4 Å². The van der Waals surface area contributed by atoms with Crippen molar-refractivity contribution < 1.29 is 29.1 Å². The minimum absolute atomic E-state index is 0.0313. The fraction of sp³-hybridized carbons (Fsp3) is 0.357. The van der Waals surface area contributed by atoms with E-state index in [1.54, 1.807) is 55.7 Å². The number of rotatable bonds is 12. The second-order valence-corrected chi connectivity index (χ2v) is 8.43. The summed E-state index contributed by atoms with van der Waals surface area (Å²) in [6.45, 7) is 11.5. The highest BCUT2D eigenvalue weighted by atomic mass is 16.5. The molecule has 1 atom stereocenters. The standard InChI is InChI=1S/C28H34N2O5/c1-5-18-35-23-11-8-10-21(19-23)25-24(26(31)20-12-14-22(34-4)15-13-20)27(32)28(33)30(25)17-9-16-29(6-2)7-3/h5,8,10-15,19,25,31H,1,6-7,9,16-18H2,2-4H3. The van der Waals surface area contributed by atoms with Crippen LogP contribution in [0.2, 0.25) is 0 Å². The second kappa shape index (κ2) is 12.2. The maximum absolute atomic E-state index is 13.5. The predicted molar refractivity (Wildman–Crippen MR) is 133 cm³/mol. The lowest BCUT2D eigenvalue weighted by molar-refractivity contribution is -0.896. The number of hydrogen-bond donors (Lipinski definition) is 1. The number of Topliss-reactive ketones (excluding diaryl/α,β-unsaturated/α-hetero) is 1. The van der Waals surface area contributed by atoms with Gasteiger partial charge in [-0.2, -0.15) is 0 Å². The molecular formula is C28H34N2O5. The van der Waals surface area contributed by atoms with E-state index in [4.69, 9.17) is 9.47 Å². The molecule has 1 N–H and O–H groups in total. The molecule has 1 aliphatic heterocycles. The molecule has 0 spiro atoms. The van der Waals surface area contributed by atoms with Crippen molar-refractivity contribution in [1.29, 1.82) is 0 Å². The number of ketones is 1. The molecule has 7 heteroatoms. The number of nitrogens with one attached hydrogen (secondary N) is 1. The van der Waals surface area contributed by atoms with E-state index in [0.717, 1.165) is 26.1 Å². The number of carbonyl (C=O) groups excluding carboxylic acids is 2. The number of amides is 1. The summed E-state index contributed by atoms with van der Waals surface area (Å²) in [7, 11) is 1.54. The Morgan fingerprint density at radius 3 is 2.46 bits per heavy atom. The van der Waals surface area contributed by atoms with E-state index >= 15 is 0 Å². The van der Waals surface area contributed by atoms with Crippen LogP contribution in [0, 0.1) is 0 Å². The number of methoxy groups -OCH3 is 1.